The summed E-state index contributed by atoms with van der Waals surface area (Å²) in [5.74, 6) is 1.55. The van der Waals surface area contributed by atoms with Crippen LogP contribution >= 0.6 is 11.6 Å². The predicted octanol–water partition coefficient (Wildman–Crippen LogP) is 3.00. The summed E-state index contributed by atoms with van der Waals surface area (Å²) in [5, 5.41) is 8.24. The zero-order valence-corrected chi connectivity index (χ0v) is 13.6. The van der Waals surface area contributed by atoms with Gasteiger partial charge in [-0.15, -0.1) is 0 Å². The fourth-order valence-electron chi connectivity index (χ4n) is 3.16. The van der Waals surface area contributed by atoms with E-state index in [9.17, 15) is 0 Å². The van der Waals surface area contributed by atoms with Crippen molar-refractivity contribution in [2.75, 3.05) is 18.8 Å². The van der Waals surface area contributed by atoms with Crippen LogP contribution in [0.4, 0.5) is 5.82 Å². The number of nitrogens with two attached hydrogens (primary N) is 1. The molecular formula is C16H18ClN5O. The first-order valence-corrected chi connectivity index (χ1v) is 8.12. The van der Waals surface area contributed by atoms with Gasteiger partial charge in [-0.2, -0.15) is 9.61 Å². The standard InChI is InChI=1S/C16H18ClN5O/c1-9-5-11(8-23-9)12-7-20-22-15(18)13(17)14(21-16(12)22)10-3-2-4-19-6-10/h5,7-8,10,19H,2-4,6,18H2,1H3. The number of nitrogens with zero attached hydrogens (tertiary/aromatic N) is 3. The fraction of sp³-hybridized carbons (Fsp3) is 0.375. The van der Waals surface area contributed by atoms with Crippen molar-refractivity contribution in [3.63, 3.8) is 0 Å². The first-order valence-electron chi connectivity index (χ1n) is 7.74. The molecule has 3 aromatic rings. The molecule has 1 unspecified atom stereocenters. The largest absolute Gasteiger partial charge is 0.469 e. The van der Waals surface area contributed by atoms with E-state index in [4.69, 9.17) is 26.7 Å². The van der Waals surface area contributed by atoms with Gasteiger partial charge in [0.05, 0.1) is 18.2 Å². The second kappa shape index (κ2) is 5.54. The minimum atomic E-state index is 0.275. The Morgan fingerprint density at radius 2 is 2.35 bits per heavy atom. The quantitative estimate of drug-likeness (QED) is 0.754. The SMILES string of the molecule is Cc1cc(-c2cnn3c(N)c(Cl)c(C4CCCNC4)nc23)co1. The summed E-state index contributed by atoms with van der Waals surface area (Å²) < 4.78 is 7.00. The summed E-state index contributed by atoms with van der Waals surface area (Å²) >= 11 is 6.47. The van der Waals surface area contributed by atoms with Crippen LogP contribution in [-0.2, 0) is 0 Å². The average molecular weight is 332 g/mol. The number of hydrogen-bond donors (Lipinski definition) is 2. The molecule has 0 spiro atoms. The summed E-state index contributed by atoms with van der Waals surface area (Å²) in [6, 6.07) is 1.96. The molecule has 0 bridgehead atoms. The molecule has 1 atom stereocenters. The van der Waals surface area contributed by atoms with Crippen molar-refractivity contribution in [3.05, 3.63) is 35.0 Å². The first kappa shape index (κ1) is 14.5. The molecule has 0 aromatic carbocycles. The zero-order valence-electron chi connectivity index (χ0n) is 12.8. The maximum atomic E-state index is 6.47. The van der Waals surface area contributed by atoms with E-state index in [1.54, 1.807) is 17.0 Å². The van der Waals surface area contributed by atoms with E-state index in [-0.39, 0.29) is 5.92 Å². The van der Waals surface area contributed by atoms with Gasteiger partial charge in [0.2, 0.25) is 0 Å². The predicted molar refractivity (Wildman–Crippen MR) is 89.7 cm³/mol. The lowest BCUT2D eigenvalue weighted by Crippen LogP contribution is -2.29. The van der Waals surface area contributed by atoms with Gasteiger partial charge in [-0.3, -0.25) is 0 Å². The van der Waals surface area contributed by atoms with Crippen molar-refractivity contribution in [2.24, 2.45) is 0 Å². The lowest BCUT2D eigenvalue weighted by atomic mass is 9.95. The Hall–Kier alpha value is -2.05. The number of anilines is 1. The molecular weight excluding hydrogens is 314 g/mol. The van der Waals surface area contributed by atoms with Gasteiger partial charge in [0.25, 0.3) is 0 Å². The number of halogens is 1. The third-order valence-corrected chi connectivity index (χ3v) is 4.76. The lowest BCUT2D eigenvalue weighted by Gasteiger charge is -2.23. The highest BCUT2D eigenvalue weighted by Crippen LogP contribution is 2.35. The van der Waals surface area contributed by atoms with Crippen LogP contribution in [0.1, 0.15) is 30.2 Å². The van der Waals surface area contributed by atoms with Gasteiger partial charge in [-0.05, 0) is 32.4 Å². The summed E-state index contributed by atoms with van der Waals surface area (Å²) in [6.45, 7) is 3.82. The average Bonchev–Trinajstić information content (AvgIpc) is 3.17. The maximum absolute atomic E-state index is 6.47. The van der Waals surface area contributed by atoms with Crippen molar-refractivity contribution in [1.82, 2.24) is 19.9 Å². The minimum Gasteiger partial charge on any atom is -0.469 e. The summed E-state index contributed by atoms with van der Waals surface area (Å²) in [4.78, 5) is 4.81. The maximum Gasteiger partial charge on any atom is 0.165 e. The van der Waals surface area contributed by atoms with E-state index < -0.39 is 0 Å². The van der Waals surface area contributed by atoms with E-state index >= 15 is 0 Å². The molecule has 0 saturated carbocycles. The van der Waals surface area contributed by atoms with Crippen LogP contribution in [0.5, 0.6) is 0 Å². The smallest absolute Gasteiger partial charge is 0.165 e. The van der Waals surface area contributed by atoms with Gasteiger partial charge in [0, 0.05) is 23.6 Å². The monoisotopic (exact) mass is 331 g/mol. The molecule has 4 heterocycles. The molecule has 1 saturated heterocycles. The molecule has 6 nitrogen and oxygen atoms in total. The Morgan fingerprint density at radius 3 is 3.04 bits per heavy atom. The topological polar surface area (TPSA) is 81.4 Å². The van der Waals surface area contributed by atoms with Crippen molar-refractivity contribution in [1.29, 1.82) is 0 Å². The van der Waals surface area contributed by atoms with Crippen LogP contribution in [-0.4, -0.2) is 27.7 Å². The van der Waals surface area contributed by atoms with E-state index in [0.29, 0.717) is 16.5 Å². The van der Waals surface area contributed by atoms with Gasteiger partial charge >= 0.3 is 0 Å². The second-order valence-electron chi connectivity index (χ2n) is 5.98. The molecule has 0 amide bonds. The highest BCUT2D eigenvalue weighted by atomic mass is 35.5. The minimum absolute atomic E-state index is 0.275. The molecule has 0 radical (unpaired) electrons. The normalized spacial score (nSPS) is 18.6. The zero-order chi connectivity index (χ0) is 16.0. The summed E-state index contributed by atoms with van der Waals surface area (Å²) in [5.41, 5.74) is 9.62. The molecule has 1 fully saturated rings. The third-order valence-electron chi connectivity index (χ3n) is 4.37. The Kier molecular flexibility index (Phi) is 3.50. The number of nitrogens with one attached hydrogen (secondary N) is 1. The number of nitrogen functional groups attached to an aromatic ring is 1. The van der Waals surface area contributed by atoms with Gasteiger partial charge in [-0.1, -0.05) is 11.6 Å². The molecule has 1 aliphatic rings. The molecule has 120 valence electrons. The van der Waals surface area contributed by atoms with Crippen LogP contribution in [0.25, 0.3) is 16.8 Å². The third kappa shape index (κ3) is 2.38. The number of furan rings is 1. The Balaban J connectivity index is 1.89. The highest BCUT2D eigenvalue weighted by Gasteiger charge is 2.24. The van der Waals surface area contributed by atoms with Crippen molar-refractivity contribution < 1.29 is 4.42 Å². The molecule has 7 heteroatoms. The molecule has 23 heavy (non-hydrogen) atoms. The van der Waals surface area contributed by atoms with Crippen molar-refractivity contribution in [3.8, 4) is 11.1 Å². The Morgan fingerprint density at radius 1 is 1.48 bits per heavy atom. The van der Waals surface area contributed by atoms with Crippen molar-refractivity contribution in [2.45, 2.75) is 25.7 Å². The summed E-state index contributed by atoms with van der Waals surface area (Å²) in [7, 11) is 0. The highest BCUT2D eigenvalue weighted by molar-refractivity contribution is 6.33. The van der Waals surface area contributed by atoms with Crippen LogP contribution < -0.4 is 11.1 Å². The van der Waals surface area contributed by atoms with Crippen LogP contribution in [0.15, 0.2) is 22.9 Å². The van der Waals surface area contributed by atoms with Gasteiger partial charge in [0.15, 0.2) is 5.65 Å². The number of aryl methyl sites for hydroxylation is 1. The van der Waals surface area contributed by atoms with Crippen LogP contribution in [0.3, 0.4) is 0 Å². The number of piperidine rings is 1. The number of rotatable bonds is 2. The molecule has 0 aliphatic carbocycles. The Bertz CT molecular complexity index is 863. The van der Waals surface area contributed by atoms with E-state index in [1.807, 2.05) is 13.0 Å². The van der Waals surface area contributed by atoms with Gasteiger partial charge < -0.3 is 15.5 Å². The molecule has 3 aromatic heterocycles. The summed E-state index contributed by atoms with van der Waals surface area (Å²) in [6.07, 6.45) is 5.63. The Labute approximate surface area is 138 Å². The fourth-order valence-corrected chi connectivity index (χ4v) is 3.43. The van der Waals surface area contributed by atoms with E-state index in [1.165, 1.54) is 0 Å². The number of hydrogen-bond acceptors (Lipinski definition) is 5. The van der Waals surface area contributed by atoms with Crippen molar-refractivity contribution >= 4 is 23.1 Å². The lowest BCUT2D eigenvalue weighted by molar-refractivity contribution is 0.455. The first-order chi connectivity index (χ1) is 11.1. The number of aromatic nitrogens is 3. The molecule has 3 N–H and O–H groups in total. The van der Waals surface area contributed by atoms with Gasteiger partial charge in [0.1, 0.15) is 16.6 Å². The van der Waals surface area contributed by atoms with Crippen LogP contribution in [0, 0.1) is 6.92 Å². The molecule has 1 aliphatic heterocycles. The van der Waals surface area contributed by atoms with E-state index in [2.05, 4.69) is 10.4 Å². The number of fused-ring (bicyclic) bond motifs is 1. The van der Waals surface area contributed by atoms with E-state index in [0.717, 1.165) is 48.5 Å². The second-order valence-corrected chi connectivity index (χ2v) is 6.36. The van der Waals surface area contributed by atoms with Crippen LogP contribution in [0.2, 0.25) is 5.02 Å². The molecule has 4 rings (SSSR count). The van der Waals surface area contributed by atoms with Gasteiger partial charge in [-0.25, -0.2) is 4.98 Å².